The molecule has 0 aliphatic carbocycles. The Morgan fingerprint density at radius 2 is 2.00 bits per heavy atom. The summed E-state index contributed by atoms with van der Waals surface area (Å²) in [5.41, 5.74) is 8.25. The summed E-state index contributed by atoms with van der Waals surface area (Å²) < 4.78 is 0. The third kappa shape index (κ3) is 2.22. The first-order valence-electron chi connectivity index (χ1n) is 6.50. The highest BCUT2D eigenvalue weighted by atomic mass is 16.3. The van der Waals surface area contributed by atoms with Crippen LogP contribution in [0.15, 0.2) is 18.2 Å². The maximum atomic E-state index is 10.4. The number of aliphatic hydroxyl groups excluding tert-OH is 3. The molecule has 1 aromatic rings. The van der Waals surface area contributed by atoms with E-state index in [-0.39, 0.29) is 6.04 Å². The van der Waals surface area contributed by atoms with Crippen molar-refractivity contribution in [2.45, 2.75) is 44.1 Å². The van der Waals surface area contributed by atoms with E-state index < -0.39 is 18.7 Å². The fraction of sp³-hybridized carbons (Fsp3) is 0.538. The van der Waals surface area contributed by atoms with Gasteiger partial charge in [-0.3, -0.25) is 10.2 Å². The van der Waals surface area contributed by atoms with Crippen molar-refractivity contribution in [3.05, 3.63) is 29.3 Å². The van der Waals surface area contributed by atoms with E-state index in [0.717, 1.165) is 11.1 Å². The molecule has 2 aliphatic rings. The lowest BCUT2D eigenvalue weighted by molar-refractivity contribution is -0.104. The summed E-state index contributed by atoms with van der Waals surface area (Å²) in [6.45, 7) is 0.557. The molecular formula is C13H19N3O3. The van der Waals surface area contributed by atoms with Crippen LogP contribution in [0.1, 0.15) is 30.2 Å². The van der Waals surface area contributed by atoms with Gasteiger partial charge < -0.3 is 21.1 Å². The second-order valence-electron chi connectivity index (χ2n) is 5.28. The first-order chi connectivity index (χ1) is 9.06. The van der Waals surface area contributed by atoms with Gasteiger partial charge in [-0.25, -0.2) is 0 Å². The summed E-state index contributed by atoms with van der Waals surface area (Å²) in [5, 5.41) is 32.5. The number of hydrogen-bond donors (Lipinski definition) is 5. The number of nitrogen functional groups attached to an aromatic ring is 1. The van der Waals surface area contributed by atoms with Gasteiger partial charge in [-0.15, -0.1) is 0 Å². The Hall–Kier alpha value is -1.18. The van der Waals surface area contributed by atoms with Crippen LogP contribution >= 0.6 is 0 Å². The molecule has 1 aromatic carbocycles. The van der Waals surface area contributed by atoms with E-state index in [2.05, 4.69) is 5.32 Å². The highest BCUT2D eigenvalue weighted by molar-refractivity contribution is 5.47. The molecule has 0 saturated carbocycles. The van der Waals surface area contributed by atoms with Gasteiger partial charge in [-0.05, 0) is 36.1 Å². The minimum Gasteiger partial charge on any atom is -0.399 e. The quantitative estimate of drug-likeness (QED) is 0.437. The molecule has 4 atom stereocenters. The van der Waals surface area contributed by atoms with E-state index in [9.17, 15) is 15.3 Å². The monoisotopic (exact) mass is 265 g/mol. The lowest BCUT2D eigenvalue weighted by atomic mass is 10.0. The number of fused-ring (bicyclic) bond motifs is 1. The normalized spacial score (nSPS) is 35.3. The number of anilines is 1. The first-order valence-corrected chi connectivity index (χ1v) is 6.50. The number of nitrogens with zero attached hydrogens (tertiary/aromatic N) is 1. The van der Waals surface area contributed by atoms with Gasteiger partial charge in [0.1, 0.15) is 18.7 Å². The predicted octanol–water partition coefficient (Wildman–Crippen LogP) is -0.536. The smallest absolute Gasteiger partial charge is 0.134 e. The summed E-state index contributed by atoms with van der Waals surface area (Å²) >= 11 is 0. The Kier molecular flexibility index (Phi) is 3.20. The molecule has 0 aromatic heterocycles. The average molecular weight is 265 g/mol. The van der Waals surface area contributed by atoms with Crippen LogP contribution in [0.2, 0.25) is 0 Å². The zero-order valence-electron chi connectivity index (χ0n) is 10.5. The van der Waals surface area contributed by atoms with Crippen LogP contribution in [0.25, 0.3) is 0 Å². The van der Waals surface area contributed by atoms with Crippen LogP contribution in [0.4, 0.5) is 5.69 Å². The number of rotatable bonds is 1. The van der Waals surface area contributed by atoms with Gasteiger partial charge in [0.25, 0.3) is 0 Å². The standard InChI is InChI=1S/C13H19N3O3/c14-8-1-2-9-7(5-8)6-16(13(9)19)10-3-4-11(17)15-12(10)18/h1-2,5,10-13,15,17-19H,3-4,6,14H2. The van der Waals surface area contributed by atoms with E-state index in [1.165, 1.54) is 0 Å². The van der Waals surface area contributed by atoms with E-state index in [4.69, 9.17) is 5.73 Å². The van der Waals surface area contributed by atoms with Crippen LogP contribution < -0.4 is 11.1 Å². The van der Waals surface area contributed by atoms with Gasteiger partial charge in [0.05, 0.1) is 6.04 Å². The van der Waals surface area contributed by atoms with Crippen molar-refractivity contribution in [3.8, 4) is 0 Å². The van der Waals surface area contributed by atoms with Crippen LogP contribution in [-0.2, 0) is 6.54 Å². The summed E-state index contributed by atoms with van der Waals surface area (Å²) in [7, 11) is 0. The Morgan fingerprint density at radius 3 is 2.74 bits per heavy atom. The molecule has 104 valence electrons. The molecule has 19 heavy (non-hydrogen) atoms. The van der Waals surface area contributed by atoms with E-state index in [1.807, 2.05) is 17.0 Å². The van der Waals surface area contributed by atoms with Crippen LogP contribution in [-0.4, -0.2) is 38.7 Å². The first kappa shape index (κ1) is 12.8. The van der Waals surface area contributed by atoms with Gasteiger partial charge in [-0.1, -0.05) is 6.07 Å². The van der Waals surface area contributed by atoms with Crippen LogP contribution in [0.5, 0.6) is 0 Å². The lowest BCUT2D eigenvalue weighted by Gasteiger charge is -2.39. The highest BCUT2D eigenvalue weighted by Crippen LogP contribution is 2.36. The summed E-state index contributed by atoms with van der Waals surface area (Å²) in [6, 6.07) is 5.24. The maximum absolute atomic E-state index is 10.4. The second kappa shape index (κ2) is 4.73. The molecule has 6 N–H and O–H groups in total. The van der Waals surface area contributed by atoms with Crippen molar-refractivity contribution in [3.63, 3.8) is 0 Å². The summed E-state index contributed by atoms with van der Waals surface area (Å²) in [4.78, 5) is 1.84. The Bertz CT molecular complexity index is 482. The van der Waals surface area contributed by atoms with Crippen LogP contribution in [0.3, 0.4) is 0 Å². The molecule has 4 unspecified atom stereocenters. The highest BCUT2D eigenvalue weighted by Gasteiger charge is 2.39. The van der Waals surface area contributed by atoms with Crippen molar-refractivity contribution in [2.75, 3.05) is 5.73 Å². The average Bonchev–Trinajstić information content (AvgIpc) is 2.66. The molecule has 6 nitrogen and oxygen atoms in total. The molecule has 0 spiro atoms. The maximum Gasteiger partial charge on any atom is 0.134 e. The second-order valence-corrected chi connectivity index (χ2v) is 5.28. The largest absolute Gasteiger partial charge is 0.399 e. The molecule has 1 fully saturated rings. The molecule has 0 amide bonds. The topological polar surface area (TPSA) is 102 Å². The summed E-state index contributed by atoms with van der Waals surface area (Å²) in [5.74, 6) is 0. The lowest BCUT2D eigenvalue weighted by Crippen LogP contribution is -2.56. The van der Waals surface area contributed by atoms with Gasteiger partial charge in [0.15, 0.2) is 0 Å². The minimum atomic E-state index is -0.843. The Labute approximate surface area is 111 Å². The number of piperidine rings is 1. The molecule has 1 saturated heterocycles. The fourth-order valence-electron chi connectivity index (χ4n) is 3.00. The number of nitrogens with two attached hydrogens (primary N) is 1. The number of aliphatic hydroxyl groups is 3. The van der Waals surface area contributed by atoms with Gasteiger partial charge in [0.2, 0.25) is 0 Å². The molecule has 0 bridgehead atoms. The molecule has 6 heteroatoms. The minimum absolute atomic E-state index is 0.216. The van der Waals surface area contributed by atoms with Crippen molar-refractivity contribution in [2.24, 2.45) is 0 Å². The molecule has 3 rings (SSSR count). The van der Waals surface area contributed by atoms with Gasteiger partial charge in [0, 0.05) is 12.2 Å². The third-order valence-corrected chi connectivity index (χ3v) is 4.00. The molecule has 2 heterocycles. The van der Waals surface area contributed by atoms with Crippen LogP contribution in [0, 0.1) is 0 Å². The van der Waals surface area contributed by atoms with Gasteiger partial charge >= 0.3 is 0 Å². The zero-order chi connectivity index (χ0) is 13.6. The van der Waals surface area contributed by atoms with Crippen molar-refractivity contribution < 1.29 is 15.3 Å². The zero-order valence-corrected chi connectivity index (χ0v) is 10.5. The SMILES string of the molecule is Nc1ccc2c(c1)CN(C1CCC(O)NC1O)C2O. The molecule has 0 radical (unpaired) electrons. The fourth-order valence-corrected chi connectivity index (χ4v) is 3.00. The number of hydrogen-bond acceptors (Lipinski definition) is 6. The van der Waals surface area contributed by atoms with Crippen molar-refractivity contribution >= 4 is 5.69 Å². The third-order valence-electron chi connectivity index (χ3n) is 4.00. The van der Waals surface area contributed by atoms with Crippen molar-refractivity contribution in [1.29, 1.82) is 0 Å². The number of nitrogens with one attached hydrogen (secondary N) is 1. The molecular weight excluding hydrogens is 246 g/mol. The van der Waals surface area contributed by atoms with E-state index in [1.54, 1.807) is 6.07 Å². The predicted molar refractivity (Wildman–Crippen MR) is 69.5 cm³/mol. The van der Waals surface area contributed by atoms with E-state index >= 15 is 0 Å². The molecule has 2 aliphatic heterocycles. The van der Waals surface area contributed by atoms with Gasteiger partial charge in [-0.2, -0.15) is 0 Å². The summed E-state index contributed by atoms with van der Waals surface area (Å²) in [6.07, 6.45) is -1.05. The Balaban J connectivity index is 1.81. The van der Waals surface area contributed by atoms with Crippen molar-refractivity contribution in [1.82, 2.24) is 10.2 Å². The number of benzene rings is 1. The Morgan fingerprint density at radius 1 is 1.21 bits per heavy atom. The van der Waals surface area contributed by atoms with E-state index in [0.29, 0.717) is 25.1 Å².